The van der Waals surface area contributed by atoms with Gasteiger partial charge in [-0.15, -0.1) is 0 Å². The standard InChI is InChI=1S/C24H23F4N3O4/c25-15-4-1-13(2-5-15)19-9-10-20(24(26,27)28)31(19)21(32)12-30(23(34)35)22(33)18-7-3-14-11-16(29)6-8-17(14)18/h1-2,4-6,8,11,18-20H,3,7,9-10,12,29H2,(H,34,35)/t18-,19-,20+/m0/s1. The molecule has 1 aliphatic heterocycles. The summed E-state index contributed by atoms with van der Waals surface area (Å²) in [5.74, 6) is -3.46. The fourth-order valence-corrected chi connectivity index (χ4v) is 5.03. The number of carboxylic acid groups (broad SMARTS) is 1. The van der Waals surface area contributed by atoms with Gasteiger partial charge < -0.3 is 15.7 Å². The first kappa shape index (κ1) is 24.5. The predicted octanol–water partition coefficient (Wildman–Crippen LogP) is 4.24. The minimum atomic E-state index is -4.76. The van der Waals surface area contributed by atoms with E-state index < -0.39 is 60.9 Å². The monoisotopic (exact) mass is 493 g/mol. The molecule has 1 aliphatic carbocycles. The van der Waals surface area contributed by atoms with Crippen LogP contribution >= 0.6 is 0 Å². The topological polar surface area (TPSA) is 104 Å². The van der Waals surface area contributed by atoms with E-state index in [1.54, 1.807) is 18.2 Å². The number of amides is 3. The number of carbonyl (C=O) groups is 3. The van der Waals surface area contributed by atoms with Gasteiger partial charge in [0.25, 0.3) is 0 Å². The summed E-state index contributed by atoms with van der Waals surface area (Å²) in [6, 6.07) is 6.44. The van der Waals surface area contributed by atoms with E-state index in [1.807, 2.05) is 0 Å². The number of alkyl halides is 3. The largest absolute Gasteiger partial charge is 0.465 e. The van der Waals surface area contributed by atoms with Crippen LogP contribution in [0.1, 0.15) is 47.9 Å². The molecule has 186 valence electrons. The first-order valence-electron chi connectivity index (χ1n) is 11.0. The van der Waals surface area contributed by atoms with Gasteiger partial charge in [0, 0.05) is 5.69 Å². The summed E-state index contributed by atoms with van der Waals surface area (Å²) in [5.41, 5.74) is 7.91. The van der Waals surface area contributed by atoms with E-state index in [-0.39, 0.29) is 11.3 Å². The van der Waals surface area contributed by atoms with E-state index in [0.29, 0.717) is 34.6 Å². The van der Waals surface area contributed by atoms with Crippen LogP contribution in [-0.4, -0.2) is 51.6 Å². The summed E-state index contributed by atoms with van der Waals surface area (Å²) in [5, 5.41) is 9.68. The number of fused-ring (bicyclic) bond motifs is 1. The molecule has 11 heteroatoms. The Morgan fingerprint density at radius 1 is 1.06 bits per heavy atom. The van der Waals surface area contributed by atoms with Crippen LogP contribution in [0.4, 0.5) is 28.0 Å². The van der Waals surface area contributed by atoms with Crippen molar-refractivity contribution in [1.29, 1.82) is 0 Å². The van der Waals surface area contributed by atoms with Crippen LogP contribution in [-0.2, 0) is 16.0 Å². The second-order valence-corrected chi connectivity index (χ2v) is 8.76. The van der Waals surface area contributed by atoms with E-state index in [2.05, 4.69) is 0 Å². The van der Waals surface area contributed by atoms with Crippen LogP contribution in [0.15, 0.2) is 42.5 Å². The molecular weight excluding hydrogens is 470 g/mol. The van der Waals surface area contributed by atoms with E-state index in [0.717, 1.165) is 17.7 Å². The van der Waals surface area contributed by atoms with Gasteiger partial charge >= 0.3 is 12.3 Å². The molecule has 3 amide bonds. The minimum absolute atomic E-state index is 0.0417. The second kappa shape index (κ2) is 9.20. The van der Waals surface area contributed by atoms with Gasteiger partial charge in [-0.2, -0.15) is 13.2 Å². The zero-order chi connectivity index (χ0) is 25.5. The molecule has 2 aromatic carbocycles. The fourth-order valence-electron chi connectivity index (χ4n) is 5.03. The molecule has 2 aliphatic rings. The number of aryl methyl sites for hydroxylation is 1. The lowest BCUT2D eigenvalue weighted by Crippen LogP contribution is -2.51. The number of nitrogens with zero attached hydrogens (tertiary/aromatic N) is 2. The average Bonchev–Trinajstić information content (AvgIpc) is 3.41. The third-order valence-electron chi connectivity index (χ3n) is 6.64. The van der Waals surface area contributed by atoms with Crippen molar-refractivity contribution in [3.63, 3.8) is 0 Å². The Bertz CT molecular complexity index is 1150. The Hall–Kier alpha value is -3.63. The molecule has 2 aromatic rings. The maximum atomic E-state index is 13.8. The Morgan fingerprint density at radius 2 is 1.74 bits per heavy atom. The number of likely N-dealkylation sites (tertiary alicyclic amines) is 1. The van der Waals surface area contributed by atoms with Gasteiger partial charge in [-0.3, -0.25) is 9.59 Å². The van der Waals surface area contributed by atoms with E-state index in [9.17, 15) is 37.1 Å². The summed E-state index contributed by atoms with van der Waals surface area (Å²) in [6.07, 6.45) is -6.15. The first-order chi connectivity index (χ1) is 16.5. The number of rotatable bonds is 4. The number of nitrogen functional groups attached to an aromatic ring is 1. The van der Waals surface area contributed by atoms with Crippen molar-refractivity contribution in [3.05, 3.63) is 65.0 Å². The highest BCUT2D eigenvalue weighted by Crippen LogP contribution is 2.43. The number of hydrogen-bond acceptors (Lipinski definition) is 4. The van der Waals surface area contributed by atoms with Gasteiger partial charge in [-0.1, -0.05) is 18.2 Å². The smallest absolute Gasteiger partial charge is 0.414 e. The van der Waals surface area contributed by atoms with Gasteiger partial charge in [0.05, 0.1) is 12.0 Å². The van der Waals surface area contributed by atoms with Crippen molar-refractivity contribution in [2.75, 3.05) is 12.3 Å². The molecule has 0 unspecified atom stereocenters. The summed E-state index contributed by atoms with van der Waals surface area (Å²) in [6.45, 7) is -1.06. The van der Waals surface area contributed by atoms with Crippen LogP contribution < -0.4 is 5.73 Å². The SMILES string of the molecule is Nc1ccc2c(c1)CC[C@@H]2C(=O)N(CC(=O)N1[C@H](c2ccc(F)cc2)CC[C@@H]1C(F)(F)F)C(=O)O. The van der Waals surface area contributed by atoms with Gasteiger partial charge in [0.2, 0.25) is 11.8 Å². The molecule has 0 radical (unpaired) electrons. The lowest BCUT2D eigenvalue weighted by Gasteiger charge is -2.33. The molecular formula is C24H23F4N3O4. The highest BCUT2D eigenvalue weighted by Gasteiger charge is 2.52. The first-order valence-corrected chi connectivity index (χ1v) is 11.0. The Balaban J connectivity index is 1.60. The minimum Gasteiger partial charge on any atom is -0.465 e. The van der Waals surface area contributed by atoms with Crippen LogP contribution in [0.5, 0.6) is 0 Å². The molecule has 35 heavy (non-hydrogen) atoms. The van der Waals surface area contributed by atoms with Crippen LogP contribution in [0, 0.1) is 5.82 Å². The number of benzene rings is 2. The Morgan fingerprint density at radius 3 is 2.37 bits per heavy atom. The number of hydrogen-bond donors (Lipinski definition) is 2. The van der Waals surface area contributed by atoms with E-state index >= 15 is 0 Å². The molecule has 0 saturated carbocycles. The molecule has 0 spiro atoms. The Kier molecular flexibility index (Phi) is 6.44. The van der Waals surface area contributed by atoms with Crippen molar-refractivity contribution in [3.8, 4) is 0 Å². The molecule has 0 aromatic heterocycles. The maximum Gasteiger partial charge on any atom is 0.414 e. The van der Waals surface area contributed by atoms with Gasteiger partial charge in [-0.25, -0.2) is 14.1 Å². The molecule has 1 heterocycles. The number of halogens is 4. The van der Waals surface area contributed by atoms with Gasteiger partial charge in [0.15, 0.2) is 0 Å². The summed E-state index contributed by atoms with van der Waals surface area (Å²) >= 11 is 0. The average molecular weight is 493 g/mol. The van der Waals surface area contributed by atoms with Crippen LogP contribution in [0.3, 0.4) is 0 Å². The number of nitrogens with two attached hydrogens (primary N) is 1. The third-order valence-corrected chi connectivity index (χ3v) is 6.64. The fraction of sp³-hybridized carbons (Fsp3) is 0.375. The number of imide groups is 1. The van der Waals surface area contributed by atoms with Gasteiger partial charge in [0.1, 0.15) is 18.4 Å². The van der Waals surface area contributed by atoms with E-state index in [1.165, 1.54) is 12.1 Å². The molecule has 1 saturated heterocycles. The van der Waals surface area contributed by atoms with Crippen molar-refractivity contribution in [2.45, 2.75) is 49.9 Å². The molecule has 1 fully saturated rings. The highest BCUT2D eigenvalue weighted by molar-refractivity contribution is 5.99. The number of carbonyl (C=O) groups excluding carboxylic acids is 2. The van der Waals surface area contributed by atoms with Crippen LogP contribution in [0.25, 0.3) is 0 Å². The molecule has 0 bridgehead atoms. The normalized spacial score (nSPS) is 21.6. The Labute approximate surface area is 198 Å². The quantitative estimate of drug-likeness (QED) is 0.490. The van der Waals surface area contributed by atoms with Crippen molar-refractivity contribution >= 4 is 23.6 Å². The zero-order valence-electron chi connectivity index (χ0n) is 18.5. The maximum absolute atomic E-state index is 13.8. The summed E-state index contributed by atoms with van der Waals surface area (Å²) < 4.78 is 54.6. The summed E-state index contributed by atoms with van der Waals surface area (Å²) in [4.78, 5) is 39.1. The van der Waals surface area contributed by atoms with Crippen LogP contribution in [0.2, 0.25) is 0 Å². The molecule has 4 rings (SSSR count). The van der Waals surface area contributed by atoms with Crippen molar-refractivity contribution < 1.29 is 37.1 Å². The third kappa shape index (κ3) is 4.80. The number of anilines is 1. The predicted molar refractivity (Wildman–Crippen MR) is 117 cm³/mol. The van der Waals surface area contributed by atoms with Crippen molar-refractivity contribution in [2.24, 2.45) is 0 Å². The van der Waals surface area contributed by atoms with Crippen molar-refractivity contribution in [1.82, 2.24) is 9.80 Å². The second-order valence-electron chi connectivity index (χ2n) is 8.76. The molecule has 7 nitrogen and oxygen atoms in total. The lowest BCUT2D eigenvalue weighted by atomic mass is 9.99. The highest BCUT2D eigenvalue weighted by atomic mass is 19.4. The molecule has 3 atom stereocenters. The van der Waals surface area contributed by atoms with E-state index in [4.69, 9.17) is 5.73 Å². The lowest BCUT2D eigenvalue weighted by molar-refractivity contribution is -0.186. The zero-order valence-corrected chi connectivity index (χ0v) is 18.5. The molecule has 3 N–H and O–H groups in total. The summed E-state index contributed by atoms with van der Waals surface area (Å²) in [7, 11) is 0. The van der Waals surface area contributed by atoms with Gasteiger partial charge in [-0.05, 0) is 66.6 Å².